The molecule has 1 aromatic rings. The first-order valence-electron chi connectivity index (χ1n) is 7.09. The lowest BCUT2D eigenvalue weighted by molar-refractivity contribution is 0.162. The van der Waals surface area contributed by atoms with Crippen molar-refractivity contribution < 1.29 is 4.74 Å². The molecule has 1 aromatic carbocycles. The van der Waals surface area contributed by atoms with E-state index in [0.29, 0.717) is 17.9 Å². The Labute approximate surface area is 111 Å². The number of ether oxygens (including phenoxy) is 1. The summed E-state index contributed by atoms with van der Waals surface area (Å²) in [6.45, 7) is 7.36. The summed E-state index contributed by atoms with van der Waals surface area (Å²) in [5.41, 5.74) is 8.52. The predicted molar refractivity (Wildman–Crippen MR) is 76.1 cm³/mol. The van der Waals surface area contributed by atoms with E-state index in [-0.39, 0.29) is 0 Å². The molecule has 0 saturated heterocycles. The van der Waals surface area contributed by atoms with Crippen LogP contribution in [-0.2, 0) is 0 Å². The molecule has 1 aliphatic carbocycles. The molecule has 100 valence electrons. The molecule has 0 amide bonds. The van der Waals surface area contributed by atoms with Gasteiger partial charge in [0.05, 0.1) is 0 Å². The Morgan fingerprint density at radius 1 is 1.33 bits per heavy atom. The van der Waals surface area contributed by atoms with Gasteiger partial charge in [0.25, 0.3) is 0 Å². The summed E-state index contributed by atoms with van der Waals surface area (Å²) in [5, 5.41) is 0. The van der Waals surface area contributed by atoms with Gasteiger partial charge in [-0.05, 0) is 61.9 Å². The zero-order valence-electron chi connectivity index (χ0n) is 11.8. The van der Waals surface area contributed by atoms with Gasteiger partial charge >= 0.3 is 0 Å². The molecule has 2 nitrogen and oxygen atoms in total. The first-order valence-corrected chi connectivity index (χ1v) is 7.09. The minimum atomic E-state index is 0.319. The average Bonchev–Trinajstić information content (AvgIpc) is 2.76. The molecule has 2 rings (SSSR count). The third kappa shape index (κ3) is 2.86. The second-order valence-corrected chi connectivity index (χ2v) is 5.76. The van der Waals surface area contributed by atoms with Gasteiger partial charge in [0, 0.05) is 5.92 Å². The molecule has 1 fully saturated rings. The number of benzene rings is 1. The molecule has 2 heteroatoms. The van der Waals surface area contributed by atoms with E-state index in [2.05, 4.69) is 39.0 Å². The van der Waals surface area contributed by atoms with Crippen LogP contribution in [0, 0.1) is 12.8 Å². The van der Waals surface area contributed by atoms with Crippen molar-refractivity contribution in [2.45, 2.75) is 52.1 Å². The molecule has 1 saturated carbocycles. The van der Waals surface area contributed by atoms with Crippen molar-refractivity contribution >= 4 is 0 Å². The zero-order valence-corrected chi connectivity index (χ0v) is 11.8. The number of hydrogen-bond donors (Lipinski definition) is 1. The largest absolute Gasteiger partial charge is 0.490 e. The van der Waals surface area contributed by atoms with Gasteiger partial charge in [0.2, 0.25) is 0 Å². The van der Waals surface area contributed by atoms with Crippen LogP contribution < -0.4 is 10.5 Å². The summed E-state index contributed by atoms with van der Waals surface area (Å²) in [4.78, 5) is 0. The minimum Gasteiger partial charge on any atom is -0.490 e. The van der Waals surface area contributed by atoms with Crippen LogP contribution in [0.4, 0.5) is 0 Å². The fourth-order valence-electron chi connectivity index (χ4n) is 2.97. The maximum absolute atomic E-state index is 6.11. The van der Waals surface area contributed by atoms with Crippen LogP contribution in [0.2, 0.25) is 0 Å². The van der Waals surface area contributed by atoms with Crippen molar-refractivity contribution in [2.75, 3.05) is 6.54 Å². The van der Waals surface area contributed by atoms with Gasteiger partial charge in [0.1, 0.15) is 11.9 Å². The molecule has 2 unspecified atom stereocenters. The van der Waals surface area contributed by atoms with Gasteiger partial charge in [-0.25, -0.2) is 0 Å². The van der Waals surface area contributed by atoms with Crippen molar-refractivity contribution in [3.63, 3.8) is 0 Å². The first-order chi connectivity index (χ1) is 8.61. The van der Waals surface area contributed by atoms with Crippen molar-refractivity contribution in [1.82, 2.24) is 0 Å². The molecule has 0 radical (unpaired) electrons. The molecular formula is C16H25NO. The van der Waals surface area contributed by atoms with Crippen LogP contribution in [0.15, 0.2) is 18.2 Å². The van der Waals surface area contributed by atoms with Crippen molar-refractivity contribution in [1.29, 1.82) is 0 Å². The molecular weight excluding hydrogens is 222 g/mol. The van der Waals surface area contributed by atoms with E-state index in [0.717, 1.165) is 18.7 Å². The van der Waals surface area contributed by atoms with Gasteiger partial charge in [-0.3, -0.25) is 0 Å². The van der Waals surface area contributed by atoms with Gasteiger partial charge in [0.15, 0.2) is 0 Å². The summed E-state index contributed by atoms with van der Waals surface area (Å²) in [7, 11) is 0. The lowest BCUT2D eigenvalue weighted by atomic mass is 9.98. The summed E-state index contributed by atoms with van der Waals surface area (Å²) in [6.07, 6.45) is 3.92. The maximum Gasteiger partial charge on any atom is 0.120 e. The number of rotatable bonds is 4. The average molecular weight is 247 g/mol. The smallest absolute Gasteiger partial charge is 0.120 e. The highest BCUT2D eigenvalue weighted by atomic mass is 16.5. The van der Waals surface area contributed by atoms with Gasteiger partial charge in [-0.1, -0.05) is 19.9 Å². The first kappa shape index (κ1) is 13.4. The van der Waals surface area contributed by atoms with Gasteiger partial charge in [-0.15, -0.1) is 0 Å². The third-order valence-corrected chi connectivity index (χ3v) is 4.04. The van der Waals surface area contributed by atoms with Gasteiger partial charge < -0.3 is 10.5 Å². The third-order valence-electron chi connectivity index (χ3n) is 4.04. The molecule has 0 aromatic heterocycles. The van der Waals surface area contributed by atoms with E-state index in [1.165, 1.54) is 24.0 Å². The summed E-state index contributed by atoms with van der Waals surface area (Å²) < 4.78 is 6.11. The van der Waals surface area contributed by atoms with Crippen LogP contribution in [-0.4, -0.2) is 12.6 Å². The highest BCUT2D eigenvalue weighted by Gasteiger charge is 2.27. The highest BCUT2D eigenvalue weighted by molar-refractivity contribution is 5.36. The predicted octanol–water partition coefficient (Wildman–Crippen LogP) is 3.62. The van der Waals surface area contributed by atoms with Crippen molar-refractivity contribution in [3.05, 3.63) is 29.3 Å². The normalized spacial score (nSPS) is 23.6. The second-order valence-electron chi connectivity index (χ2n) is 5.76. The monoisotopic (exact) mass is 247 g/mol. The molecule has 2 atom stereocenters. The Hall–Kier alpha value is -1.02. The number of aryl methyl sites for hydroxylation is 1. The van der Waals surface area contributed by atoms with E-state index >= 15 is 0 Å². The minimum absolute atomic E-state index is 0.319. The molecule has 0 heterocycles. The van der Waals surface area contributed by atoms with Crippen LogP contribution in [0.25, 0.3) is 0 Å². The lowest BCUT2D eigenvalue weighted by Crippen LogP contribution is -2.27. The van der Waals surface area contributed by atoms with Gasteiger partial charge in [-0.2, -0.15) is 0 Å². The van der Waals surface area contributed by atoms with E-state index in [1.54, 1.807) is 0 Å². The molecule has 2 N–H and O–H groups in total. The SMILES string of the molecule is Cc1cc(OC2CCCC2CN)ccc1C(C)C. The van der Waals surface area contributed by atoms with Crippen LogP contribution >= 0.6 is 0 Å². The Bertz CT molecular complexity index is 400. The summed E-state index contributed by atoms with van der Waals surface area (Å²) in [5.74, 6) is 2.11. The quantitative estimate of drug-likeness (QED) is 0.882. The topological polar surface area (TPSA) is 35.2 Å². The molecule has 0 spiro atoms. The Morgan fingerprint density at radius 2 is 2.11 bits per heavy atom. The molecule has 18 heavy (non-hydrogen) atoms. The van der Waals surface area contributed by atoms with Crippen LogP contribution in [0.1, 0.15) is 50.2 Å². The summed E-state index contributed by atoms with van der Waals surface area (Å²) in [6, 6.07) is 6.47. The molecule has 0 bridgehead atoms. The highest BCUT2D eigenvalue weighted by Crippen LogP contribution is 2.30. The van der Waals surface area contributed by atoms with E-state index in [1.807, 2.05) is 0 Å². The van der Waals surface area contributed by atoms with E-state index in [4.69, 9.17) is 10.5 Å². The molecule has 1 aliphatic rings. The molecule has 0 aliphatic heterocycles. The fraction of sp³-hybridized carbons (Fsp3) is 0.625. The number of hydrogen-bond acceptors (Lipinski definition) is 2. The van der Waals surface area contributed by atoms with Crippen molar-refractivity contribution in [3.8, 4) is 5.75 Å². The van der Waals surface area contributed by atoms with E-state index in [9.17, 15) is 0 Å². The Balaban J connectivity index is 2.08. The lowest BCUT2D eigenvalue weighted by Gasteiger charge is -2.21. The second kappa shape index (κ2) is 5.75. The standard InChI is InChI=1S/C16H25NO/c1-11(2)15-8-7-14(9-12(15)3)18-16-6-4-5-13(16)10-17/h7-9,11,13,16H,4-6,10,17H2,1-3H3. The maximum atomic E-state index is 6.11. The van der Waals surface area contributed by atoms with Crippen LogP contribution in [0.3, 0.4) is 0 Å². The van der Waals surface area contributed by atoms with Crippen molar-refractivity contribution in [2.24, 2.45) is 11.7 Å². The Morgan fingerprint density at radius 3 is 2.72 bits per heavy atom. The van der Waals surface area contributed by atoms with Crippen LogP contribution in [0.5, 0.6) is 5.75 Å². The number of nitrogens with two attached hydrogens (primary N) is 1. The fourth-order valence-corrected chi connectivity index (χ4v) is 2.97. The van der Waals surface area contributed by atoms with E-state index < -0.39 is 0 Å². The Kier molecular flexibility index (Phi) is 4.28. The zero-order chi connectivity index (χ0) is 13.1. The summed E-state index contributed by atoms with van der Waals surface area (Å²) >= 11 is 0.